The second-order valence-electron chi connectivity index (χ2n) is 3.08. The lowest BCUT2D eigenvalue weighted by atomic mass is 10.2. The molecule has 0 fully saturated rings. The molecule has 0 aromatic rings. The Balaban J connectivity index is 2.86. The van der Waals surface area contributed by atoms with Crippen LogP contribution in [0.4, 0.5) is 4.79 Å². The molecule has 0 saturated heterocycles. The minimum atomic E-state index is -1.22. The predicted octanol–water partition coefficient (Wildman–Crippen LogP) is -0.545. The number of hydrogen-bond acceptors (Lipinski definition) is 3. The van der Waals surface area contributed by atoms with E-state index in [0.29, 0.717) is 0 Å². The minimum Gasteiger partial charge on any atom is -0.478 e. The molecule has 0 aromatic carbocycles. The molecule has 0 aromatic heterocycles. The van der Waals surface area contributed by atoms with Crippen molar-refractivity contribution in [3.05, 3.63) is 11.3 Å². The van der Waals surface area contributed by atoms with E-state index in [0.717, 1.165) is 4.90 Å². The number of carbonyl (C=O) groups excluding carboxylic acids is 1. The highest BCUT2D eigenvalue weighted by molar-refractivity contribution is 5.91. The summed E-state index contributed by atoms with van der Waals surface area (Å²) in [7, 11) is 0. The van der Waals surface area contributed by atoms with Crippen LogP contribution >= 0.6 is 0 Å². The van der Waals surface area contributed by atoms with Crippen LogP contribution in [0.5, 0.6) is 0 Å². The molecule has 82 valence electrons. The zero-order valence-electron chi connectivity index (χ0n) is 7.98. The Hall–Kier alpha value is -2.05. The smallest absolute Gasteiger partial charge is 0.407 e. The Morgan fingerprint density at radius 1 is 1.27 bits per heavy atom. The van der Waals surface area contributed by atoms with E-state index in [9.17, 15) is 14.4 Å². The average molecular weight is 214 g/mol. The molecule has 0 bridgehead atoms. The van der Waals surface area contributed by atoms with Gasteiger partial charge in [0, 0.05) is 12.6 Å². The van der Waals surface area contributed by atoms with E-state index in [-0.39, 0.29) is 24.4 Å². The Morgan fingerprint density at radius 2 is 1.87 bits per heavy atom. The molecule has 1 rings (SSSR count). The maximum Gasteiger partial charge on any atom is 0.407 e. The molecule has 0 radical (unpaired) electrons. The number of hydrogen-bond donors (Lipinski definition) is 3. The Morgan fingerprint density at radius 3 is 2.27 bits per heavy atom. The first-order valence-corrected chi connectivity index (χ1v) is 4.12. The Kier molecular flexibility index (Phi) is 2.93. The number of nitrogens with one attached hydrogen (secondary N) is 1. The van der Waals surface area contributed by atoms with Crippen LogP contribution in [0.15, 0.2) is 11.3 Å². The highest BCUT2D eigenvalue weighted by Crippen LogP contribution is 2.15. The first-order valence-electron chi connectivity index (χ1n) is 4.12. The molecule has 0 saturated carbocycles. The van der Waals surface area contributed by atoms with Gasteiger partial charge in [-0.3, -0.25) is 9.69 Å². The Bertz CT molecular complexity index is 360. The molecule has 7 nitrogen and oxygen atoms in total. The average Bonchev–Trinajstić information content (AvgIpc) is 2.46. The molecule has 1 aliphatic rings. The summed E-state index contributed by atoms with van der Waals surface area (Å²) in [4.78, 5) is 33.0. The van der Waals surface area contributed by atoms with Crippen molar-refractivity contribution >= 4 is 18.0 Å². The summed E-state index contributed by atoms with van der Waals surface area (Å²) < 4.78 is 0. The lowest BCUT2D eigenvalue weighted by Gasteiger charge is -2.10. The summed E-state index contributed by atoms with van der Waals surface area (Å²) in [5.74, 6) is -1.64. The number of carboxylic acid groups (broad SMARTS) is 2. The third-order valence-electron chi connectivity index (χ3n) is 1.92. The number of aliphatic carboxylic acids is 1. The van der Waals surface area contributed by atoms with Crippen molar-refractivity contribution in [3.63, 3.8) is 0 Å². The molecular weight excluding hydrogens is 204 g/mol. The molecular formula is C8H10N2O5. The number of amides is 2. The quantitative estimate of drug-likeness (QED) is 0.572. The van der Waals surface area contributed by atoms with Gasteiger partial charge in [0.25, 0.3) is 0 Å². The van der Waals surface area contributed by atoms with Crippen molar-refractivity contribution in [1.82, 2.24) is 10.2 Å². The van der Waals surface area contributed by atoms with E-state index in [1.807, 2.05) is 0 Å². The van der Waals surface area contributed by atoms with Crippen molar-refractivity contribution in [2.24, 2.45) is 0 Å². The molecule has 15 heavy (non-hydrogen) atoms. The van der Waals surface area contributed by atoms with Crippen LogP contribution in [0.25, 0.3) is 0 Å². The van der Waals surface area contributed by atoms with Crippen molar-refractivity contribution in [3.8, 4) is 0 Å². The van der Waals surface area contributed by atoms with Crippen LogP contribution in [0.1, 0.15) is 6.92 Å². The van der Waals surface area contributed by atoms with Crippen LogP contribution in [-0.4, -0.2) is 46.2 Å². The standard InChI is InChI=1S/C8H10N2O5/c1-4(11)9-6-3-10(8(14)15)2-5(6)7(12)13/h2-3H2,1H3,(H,9,11)(H,12,13)(H,14,15). The zero-order chi connectivity index (χ0) is 11.6. The third kappa shape index (κ3) is 2.46. The maximum absolute atomic E-state index is 10.7. The van der Waals surface area contributed by atoms with Gasteiger partial charge in [-0.25, -0.2) is 9.59 Å². The summed E-state index contributed by atoms with van der Waals surface area (Å²) in [5, 5.41) is 19.7. The molecule has 0 unspecified atom stereocenters. The summed E-state index contributed by atoms with van der Waals surface area (Å²) in [6.07, 6.45) is -1.21. The van der Waals surface area contributed by atoms with E-state index < -0.39 is 18.0 Å². The summed E-state index contributed by atoms with van der Waals surface area (Å²) in [5.41, 5.74) is 0.0463. The molecule has 0 atom stereocenters. The topological polar surface area (TPSA) is 107 Å². The predicted molar refractivity (Wildman–Crippen MR) is 48.1 cm³/mol. The molecule has 0 aliphatic carbocycles. The number of carbonyl (C=O) groups is 3. The number of rotatable bonds is 2. The van der Waals surface area contributed by atoms with Gasteiger partial charge in [0.2, 0.25) is 5.91 Å². The molecule has 3 N–H and O–H groups in total. The Labute approximate surface area is 85.0 Å². The van der Waals surface area contributed by atoms with E-state index >= 15 is 0 Å². The van der Waals surface area contributed by atoms with E-state index in [1.165, 1.54) is 6.92 Å². The van der Waals surface area contributed by atoms with Crippen LogP contribution < -0.4 is 5.32 Å². The zero-order valence-corrected chi connectivity index (χ0v) is 7.98. The van der Waals surface area contributed by atoms with Gasteiger partial charge in [0.05, 0.1) is 18.7 Å². The lowest BCUT2D eigenvalue weighted by Crippen LogP contribution is -2.30. The fourth-order valence-corrected chi connectivity index (χ4v) is 1.29. The van der Waals surface area contributed by atoms with Gasteiger partial charge < -0.3 is 15.5 Å². The third-order valence-corrected chi connectivity index (χ3v) is 1.92. The normalized spacial score (nSPS) is 15.4. The first kappa shape index (κ1) is 11.0. The lowest BCUT2D eigenvalue weighted by molar-refractivity contribution is -0.132. The molecule has 0 spiro atoms. The van der Waals surface area contributed by atoms with Gasteiger partial charge in [0.15, 0.2) is 0 Å². The van der Waals surface area contributed by atoms with Gasteiger partial charge >= 0.3 is 12.1 Å². The highest BCUT2D eigenvalue weighted by atomic mass is 16.4. The fraction of sp³-hybridized carbons (Fsp3) is 0.375. The van der Waals surface area contributed by atoms with Crippen LogP contribution in [0.3, 0.4) is 0 Å². The largest absolute Gasteiger partial charge is 0.478 e. The summed E-state index contributed by atoms with van der Waals surface area (Å²) >= 11 is 0. The van der Waals surface area contributed by atoms with Crippen LogP contribution in [0.2, 0.25) is 0 Å². The van der Waals surface area contributed by atoms with Crippen molar-refractivity contribution in [2.45, 2.75) is 6.92 Å². The maximum atomic E-state index is 10.7. The second-order valence-corrected chi connectivity index (χ2v) is 3.08. The molecule has 1 aliphatic heterocycles. The minimum absolute atomic E-state index is 0.0902. The van der Waals surface area contributed by atoms with Crippen molar-refractivity contribution in [2.75, 3.05) is 13.1 Å². The fourth-order valence-electron chi connectivity index (χ4n) is 1.29. The van der Waals surface area contributed by atoms with Crippen molar-refractivity contribution < 1.29 is 24.6 Å². The van der Waals surface area contributed by atoms with Crippen LogP contribution in [-0.2, 0) is 9.59 Å². The van der Waals surface area contributed by atoms with E-state index in [4.69, 9.17) is 10.2 Å². The van der Waals surface area contributed by atoms with E-state index in [1.54, 1.807) is 0 Å². The molecule has 1 heterocycles. The number of carboxylic acids is 1. The second kappa shape index (κ2) is 3.99. The SMILES string of the molecule is CC(=O)NC1=C(C(=O)O)CN(C(=O)O)C1. The van der Waals surface area contributed by atoms with Crippen LogP contribution in [0, 0.1) is 0 Å². The summed E-state index contributed by atoms with van der Waals surface area (Å²) in [6, 6.07) is 0. The monoisotopic (exact) mass is 214 g/mol. The van der Waals surface area contributed by atoms with Gasteiger partial charge in [-0.2, -0.15) is 0 Å². The van der Waals surface area contributed by atoms with Gasteiger partial charge in [-0.05, 0) is 0 Å². The highest BCUT2D eigenvalue weighted by Gasteiger charge is 2.29. The molecule has 2 amide bonds. The summed E-state index contributed by atoms with van der Waals surface area (Å²) in [6.45, 7) is 0.923. The molecule has 7 heteroatoms. The first-order chi connectivity index (χ1) is 6.91. The number of nitrogens with zero attached hydrogens (tertiary/aromatic N) is 1. The van der Waals surface area contributed by atoms with Crippen molar-refractivity contribution in [1.29, 1.82) is 0 Å². The van der Waals surface area contributed by atoms with Gasteiger partial charge in [-0.15, -0.1) is 0 Å². The van der Waals surface area contributed by atoms with E-state index in [2.05, 4.69) is 5.32 Å². The van der Waals surface area contributed by atoms with Gasteiger partial charge in [0.1, 0.15) is 0 Å². The van der Waals surface area contributed by atoms with Gasteiger partial charge in [-0.1, -0.05) is 0 Å².